The van der Waals surface area contributed by atoms with Crippen LogP contribution in [0.4, 0.5) is 10.1 Å². The van der Waals surface area contributed by atoms with Crippen molar-refractivity contribution >= 4 is 21.6 Å². The molecule has 20 heavy (non-hydrogen) atoms. The highest BCUT2D eigenvalue weighted by atomic mass is 79.9. The first-order valence-corrected chi connectivity index (χ1v) is 7.44. The zero-order valence-electron chi connectivity index (χ0n) is 11.6. The molecule has 2 aromatic carbocycles. The van der Waals surface area contributed by atoms with Crippen molar-refractivity contribution in [3.63, 3.8) is 0 Å². The number of anilines is 1. The molecule has 2 nitrogen and oxygen atoms in total. The average molecular weight is 338 g/mol. The van der Waals surface area contributed by atoms with E-state index in [-0.39, 0.29) is 5.82 Å². The van der Waals surface area contributed by atoms with Crippen LogP contribution in [-0.4, -0.2) is 14.2 Å². The van der Waals surface area contributed by atoms with Gasteiger partial charge in [-0.1, -0.05) is 34.1 Å². The number of halogens is 2. The zero-order chi connectivity index (χ0) is 14.5. The maximum Gasteiger partial charge on any atom is 0.146 e. The highest BCUT2D eigenvalue weighted by Crippen LogP contribution is 2.23. The van der Waals surface area contributed by atoms with Crippen LogP contribution in [0.3, 0.4) is 0 Å². The van der Waals surface area contributed by atoms with Crippen LogP contribution in [0.2, 0.25) is 0 Å². The van der Waals surface area contributed by atoms with Gasteiger partial charge >= 0.3 is 0 Å². The molecule has 2 aromatic rings. The van der Waals surface area contributed by atoms with E-state index in [1.807, 2.05) is 48.3 Å². The van der Waals surface area contributed by atoms with E-state index in [1.165, 1.54) is 0 Å². The Morgan fingerprint density at radius 1 is 1.15 bits per heavy atom. The van der Waals surface area contributed by atoms with Gasteiger partial charge in [0.1, 0.15) is 11.6 Å². The van der Waals surface area contributed by atoms with Gasteiger partial charge in [-0.05, 0) is 35.4 Å². The van der Waals surface area contributed by atoms with Gasteiger partial charge in [0, 0.05) is 18.9 Å². The molecule has 0 spiro atoms. The lowest BCUT2D eigenvalue weighted by Crippen LogP contribution is -2.17. The second-order valence-corrected chi connectivity index (χ2v) is 5.19. The molecule has 0 aliphatic heterocycles. The maximum absolute atomic E-state index is 14.0. The number of alkyl halides is 1. The summed E-state index contributed by atoms with van der Waals surface area (Å²) in [6.45, 7) is 0.627. The van der Waals surface area contributed by atoms with Gasteiger partial charge in [0.2, 0.25) is 0 Å². The minimum Gasteiger partial charge on any atom is -0.497 e. The van der Waals surface area contributed by atoms with Crippen molar-refractivity contribution < 1.29 is 9.13 Å². The number of hydrogen-bond donors (Lipinski definition) is 0. The molecule has 0 amide bonds. The molecule has 0 aliphatic carbocycles. The van der Waals surface area contributed by atoms with Crippen LogP contribution in [0.25, 0.3) is 0 Å². The molecule has 0 saturated carbocycles. The Balaban J connectivity index is 2.16. The van der Waals surface area contributed by atoms with Gasteiger partial charge in [-0.15, -0.1) is 0 Å². The molecule has 0 bridgehead atoms. The number of nitrogens with zero attached hydrogens (tertiary/aromatic N) is 1. The summed E-state index contributed by atoms with van der Waals surface area (Å²) in [5.74, 6) is 0.610. The predicted octanol–water partition coefficient (Wildman–Crippen LogP) is 4.37. The molecular formula is C16H17BrFNO. The van der Waals surface area contributed by atoms with E-state index >= 15 is 0 Å². The summed E-state index contributed by atoms with van der Waals surface area (Å²) in [5.41, 5.74) is 2.61. The van der Waals surface area contributed by atoms with Crippen molar-refractivity contribution in [2.45, 2.75) is 11.9 Å². The fraction of sp³-hybridized carbons (Fsp3) is 0.250. The fourth-order valence-corrected chi connectivity index (χ4v) is 2.42. The average Bonchev–Trinajstić information content (AvgIpc) is 2.47. The van der Waals surface area contributed by atoms with Crippen molar-refractivity contribution in [1.82, 2.24) is 0 Å². The van der Waals surface area contributed by atoms with Crippen LogP contribution < -0.4 is 9.64 Å². The van der Waals surface area contributed by atoms with E-state index in [1.54, 1.807) is 13.2 Å². The summed E-state index contributed by atoms with van der Waals surface area (Å²) < 4.78 is 19.2. The van der Waals surface area contributed by atoms with Crippen LogP contribution in [-0.2, 0) is 11.9 Å². The second kappa shape index (κ2) is 6.75. The Hall–Kier alpha value is -1.55. The van der Waals surface area contributed by atoms with E-state index in [2.05, 4.69) is 15.9 Å². The van der Waals surface area contributed by atoms with Gasteiger partial charge in [-0.25, -0.2) is 4.39 Å². The molecule has 0 unspecified atom stereocenters. The van der Waals surface area contributed by atoms with Gasteiger partial charge < -0.3 is 9.64 Å². The predicted molar refractivity (Wildman–Crippen MR) is 84.1 cm³/mol. The highest BCUT2D eigenvalue weighted by Gasteiger charge is 2.09. The topological polar surface area (TPSA) is 12.5 Å². The Labute approximate surface area is 127 Å². The summed E-state index contributed by atoms with van der Waals surface area (Å²) in [4.78, 5) is 1.89. The number of rotatable bonds is 5. The lowest BCUT2D eigenvalue weighted by molar-refractivity contribution is 0.414. The zero-order valence-corrected chi connectivity index (χ0v) is 13.2. The van der Waals surface area contributed by atoms with E-state index in [0.29, 0.717) is 17.6 Å². The van der Waals surface area contributed by atoms with Crippen molar-refractivity contribution in [3.05, 3.63) is 59.4 Å². The van der Waals surface area contributed by atoms with E-state index in [0.717, 1.165) is 16.9 Å². The van der Waals surface area contributed by atoms with Gasteiger partial charge in [-0.3, -0.25) is 0 Å². The number of hydrogen-bond acceptors (Lipinski definition) is 2. The Morgan fingerprint density at radius 2 is 1.95 bits per heavy atom. The minimum atomic E-state index is -0.202. The normalized spacial score (nSPS) is 10.4. The van der Waals surface area contributed by atoms with Crippen molar-refractivity contribution in [2.75, 3.05) is 19.1 Å². The lowest BCUT2D eigenvalue weighted by atomic mass is 10.1. The van der Waals surface area contributed by atoms with Gasteiger partial charge in [0.25, 0.3) is 0 Å². The third kappa shape index (κ3) is 3.51. The van der Waals surface area contributed by atoms with Gasteiger partial charge in [0.05, 0.1) is 12.8 Å². The molecule has 2 rings (SSSR count). The molecule has 0 atom stereocenters. The molecule has 106 valence electrons. The summed E-state index contributed by atoms with van der Waals surface area (Å²) in [7, 11) is 3.52. The SMILES string of the molecule is COc1cccc(CN(C)c2ccc(CBr)cc2F)c1. The first-order chi connectivity index (χ1) is 9.63. The van der Waals surface area contributed by atoms with Crippen LogP contribution >= 0.6 is 15.9 Å². The molecule has 4 heteroatoms. The van der Waals surface area contributed by atoms with Gasteiger partial charge in [0.15, 0.2) is 0 Å². The Morgan fingerprint density at radius 3 is 2.60 bits per heavy atom. The fourth-order valence-electron chi connectivity index (χ4n) is 2.07. The van der Waals surface area contributed by atoms with E-state index < -0.39 is 0 Å². The molecule has 0 aliphatic rings. The molecule has 0 fully saturated rings. The Kier molecular flexibility index (Phi) is 5.01. The Bertz CT molecular complexity index is 588. The van der Waals surface area contributed by atoms with Crippen molar-refractivity contribution in [3.8, 4) is 5.75 Å². The van der Waals surface area contributed by atoms with Crippen LogP contribution in [0.5, 0.6) is 5.75 Å². The van der Waals surface area contributed by atoms with Crippen molar-refractivity contribution in [2.24, 2.45) is 0 Å². The minimum absolute atomic E-state index is 0.202. The van der Waals surface area contributed by atoms with Crippen molar-refractivity contribution in [1.29, 1.82) is 0 Å². The summed E-state index contributed by atoms with van der Waals surface area (Å²) in [6, 6.07) is 13.1. The highest BCUT2D eigenvalue weighted by molar-refractivity contribution is 9.08. The molecule has 0 radical (unpaired) electrons. The quantitative estimate of drug-likeness (QED) is 0.751. The summed E-state index contributed by atoms with van der Waals surface area (Å²) in [6.07, 6.45) is 0. The van der Waals surface area contributed by atoms with Crippen LogP contribution in [0.1, 0.15) is 11.1 Å². The molecule has 0 saturated heterocycles. The number of methoxy groups -OCH3 is 1. The molecule has 0 N–H and O–H groups in total. The van der Waals surface area contributed by atoms with Crippen LogP contribution in [0, 0.1) is 5.82 Å². The maximum atomic E-state index is 14.0. The summed E-state index contributed by atoms with van der Waals surface area (Å²) >= 11 is 3.33. The third-order valence-electron chi connectivity index (χ3n) is 3.13. The smallest absolute Gasteiger partial charge is 0.146 e. The van der Waals surface area contributed by atoms with E-state index in [9.17, 15) is 4.39 Å². The standard InChI is InChI=1S/C16H17BrFNO/c1-19(11-13-4-3-5-14(8-13)20-2)16-7-6-12(10-17)9-15(16)18/h3-9H,10-11H2,1-2H3. The van der Waals surface area contributed by atoms with E-state index in [4.69, 9.17) is 4.74 Å². The largest absolute Gasteiger partial charge is 0.497 e. The third-order valence-corrected chi connectivity index (χ3v) is 3.78. The number of ether oxygens (including phenoxy) is 1. The summed E-state index contributed by atoms with van der Waals surface area (Å²) in [5, 5.41) is 0.657. The molecule has 0 aromatic heterocycles. The first-order valence-electron chi connectivity index (χ1n) is 6.32. The molecular weight excluding hydrogens is 321 g/mol. The van der Waals surface area contributed by atoms with Crippen LogP contribution in [0.15, 0.2) is 42.5 Å². The first kappa shape index (κ1) is 14.9. The second-order valence-electron chi connectivity index (χ2n) is 4.63. The van der Waals surface area contributed by atoms with Gasteiger partial charge in [-0.2, -0.15) is 0 Å². The molecule has 0 heterocycles. The lowest BCUT2D eigenvalue weighted by Gasteiger charge is -2.20. The monoisotopic (exact) mass is 337 g/mol. The number of benzene rings is 2.